The predicted octanol–water partition coefficient (Wildman–Crippen LogP) is 4.91. The van der Waals surface area contributed by atoms with E-state index < -0.39 is 10.1 Å². The van der Waals surface area contributed by atoms with E-state index in [9.17, 15) is 8.42 Å². The molecule has 2 aliphatic rings. The molecule has 30 heavy (non-hydrogen) atoms. The first-order valence-electron chi connectivity index (χ1n) is 10.3. The smallest absolute Gasteiger partial charge is 0.297 e. The summed E-state index contributed by atoms with van der Waals surface area (Å²) in [5.74, 6) is 0. The van der Waals surface area contributed by atoms with Gasteiger partial charge in [-0.25, -0.2) is 0 Å². The number of hydrogen-bond donors (Lipinski definition) is 0. The van der Waals surface area contributed by atoms with Crippen LogP contribution in [0.15, 0.2) is 34.3 Å². The molecule has 3 rings (SSSR count). The molecule has 2 aliphatic heterocycles. The third-order valence-corrected chi connectivity index (χ3v) is 6.47. The lowest BCUT2D eigenvalue weighted by atomic mass is 10.1. The highest BCUT2D eigenvalue weighted by Crippen LogP contribution is 2.30. The molecule has 0 unspecified atom stereocenters. The Morgan fingerprint density at radius 1 is 1.07 bits per heavy atom. The molecule has 0 N–H and O–H groups in total. The Kier molecular flexibility index (Phi) is 8.30. The molecule has 168 valence electrons. The average Bonchev–Trinajstić information content (AvgIpc) is 3.20. The number of rotatable bonds is 6. The minimum Gasteiger partial charge on any atom is -0.372 e. The lowest BCUT2D eigenvalue weighted by Crippen LogP contribution is -2.24. The Balaban J connectivity index is 0.000000248. The highest BCUT2D eigenvalue weighted by molar-refractivity contribution is 7.86. The lowest BCUT2D eigenvalue weighted by molar-refractivity contribution is -0.0318. The molecule has 2 saturated heterocycles. The molecule has 2 fully saturated rings. The normalized spacial score (nSPS) is 24.6. The van der Waals surface area contributed by atoms with Crippen molar-refractivity contribution in [1.82, 2.24) is 0 Å². The summed E-state index contributed by atoms with van der Waals surface area (Å²) < 4.78 is 40.3. The molecule has 0 bridgehead atoms. The molecule has 9 heteroatoms. The van der Waals surface area contributed by atoms with Crippen LogP contribution in [0.4, 0.5) is 0 Å². The van der Waals surface area contributed by atoms with Gasteiger partial charge in [0.05, 0.1) is 41.5 Å². The fraction of sp³-hybridized carbons (Fsp3) is 0.714. The zero-order chi connectivity index (χ0) is 22.4. The van der Waals surface area contributed by atoms with E-state index in [-0.39, 0.29) is 34.9 Å². The van der Waals surface area contributed by atoms with Crippen LogP contribution in [0, 0.1) is 6.92 Å². The van der Waals surface area contributed by atoms with E-state index in [1.165, 1.54) is 0 Å². The third kappa shape index (κ3) is 7.89. The van der Waals surface area contributed by atoms with Crippen LogP contribution in [-0.2, 0) is 23.8 Å². The van der Waals surface area contributed by atoms with Gasteiger partial charge in [0.2, 0.25) is 0 Å². The van der Waals surface area contributed by atoms with Crippen molar-refractivity contribution in [2.75, 3.05) is 13.2 Å². The molecule has 0 saturated carbocycles. The molecule has 0 amide bonds. The molecular weight excluding hydrogens is 406 g/mol. The second-order valence-corrected chi connectivity index (χ2v) is 10.7. The van der Waals surface area contributed by atoms with Gasteiger partial charge in [-0.3, -0.25) is 4.18 Å². The van der Waals surface area contributed by atoms with Gasteiger partial charge in [-0.05, 0) is 78.0 Å². The fourth-order valence-corrected chi connectivity index (χ4v) is 4.40. The summed E-state index contributed by atoms with van der Waals surface area (Å²) in [6.07, 6.45) is 3.81. The quantitative estimate of drug-likeness (QED) is 0.270. The van der Waals surface area contributed by atoms with E-state index in [1.807, 2.05) is 20.8 Å². The summed E-state index contributed by atoms with van der Waals surface area (Å²) in [6.45, 7) is 10.6. The average molecular weight is 440 g/mol. The van der Waals surface area contributed by atoms with Gasteiger partial charge < -0.3 is 9.47 Å². The van der Waals surface area contributed by atoms with Gasteiger partial charge in [-0.1, -0.05) is 22.8 Å². The van der Waals surface area contributed by atoms with Crippen molar-refractivity contribution in [3.63, 3.8) is 0 Å². The van der Waals surface area contributed by atoms with E-state index >= 15 is 0 Å². The summed E-state index contributed by atoms with van der Waals surface area (Å²) >= 11 is 0. The summed E-state index contributed by atoms with van der Waals surface area (Å²) in [4.78, 5) is 2.88. The molecule has 2 heterocycles. The molecule has 0 spiro atoms. The number of ether oxygens (including phenoxy) is 2. The van der Waals surface area contributed by atoms with Gasteiger partial charge in [-0.15, -0.1) is 0 Å². The maximum atomic E-state index is 12.0. The van der Waals surface area contributed by atoms with E-state index in [2.05, 4.69) is 23.9 Å². The first-order chi connectivity index (χ1) is 13.9. The zero-order valence-electron chi connectivity index (χ0n) is 18.5. The van der Waals surface area contributed by atoms with Crippen molar-refractivity contribution < 1.29 is 22.1 Å². The topological polar surface area (TPSA) is 111 Å². The van der Waals surface area contributed by atoms with E-state index in [0.717, 1.165) is 31.2 Å². The van der Waals surface area contributed by atoms with Gasteiger partial charge >= 0.3 is 0 Å². The van der Waals surface area contributed by atoms with Crippen LogP contribution >= 0.6 is 0 Å². The Morgan fingerprint density at radius 3 is 2.07 bits per heavy atom. The number of nitrogens with zero attached hydrogens (tertiary/aromatic N) is 3. The molecule has 0 aliphatic carbocycles. The van der Waals surface area contributed by atoms with Crippen LogP contribution in [0.25, 0.3) is 10.4 Å². The number of aryl methyl sites for hydroxylation is 1. The van der Waals surface area contributed by atoms with Crippen molar-refractivity contribution in [2.24, 2.45) is 5.11 Å². The van der Waals surface area contributed by atoms with Gasteiger partial charge in [0.1, 0.15) is 0 Å². The minimum atomic E-state index is -3.68. The maximum absolute atomic E-state index is 12.0. The first-order valence-corrected chi connectivity index (χ1v) is 11.7. The van der Waals surface area contributed by atoms with E-state index in [0.29, 0.717) is 6.54 Å². The number of hydrogen-bond acceptors (Lipinski definition) is 6. The first kappa shape index (κ1) is 24.6. The highest BCUT2D eigenvalue weighted by atomic mass is 32.2. The second-order valence-electron chi connectivity index (χ2n) is 9.04. The third-order valence-electron chi connectivity index (χ3n) is 5.18. The molecule has 1 aromatic carbocycles. The van der Waals surface area contributed by atoms with E-state index in [1.54, 1.807) is 24.3 Å². The zero-order valence-corrected chi connectivity index (χ0v) is 19.3. The van der Waals surface area contributed by atoms with Crippen LogP contribution < -0.4 is 0 Å². The van der Waals surface area contributed by atoms with Crippen LogP contribution in [-0.4, -0.2) is 45.0 Å². The standard InChI is InChI=1S/C14H20O4S.C7H13N3O/c1-11-4-6-13(7-5-11)19(15,16)17-10-12-8-9-14(2,3)18-12;1-7(2)4-3-6(11-7)5-9-10-8/h4-7,12H,8-10H2,1-3H3;6H,3-5H2,1-2H3/t12-;6-/m11/s1. The van der Waals surface area contributed by atoms with Gasteiger partial charge in [0.15, 0.2) is 0 Å². The van der Waals surface area contributed by atoms with Crippen molar-refractivity contribution in [3.8, 4) is 0 Å². The van der Waals surface area contributed by atoms with Crippen molar-refractivity contribution >= 4 is 10.1 Å². The second kappa shape index (κ2) is 10.1. The Hall–Kier alpha value is -1.64. The monoisotopic (exact) mass is 439 g/mol. The Morgan fingerprint density at radius 2 is 1.60 bits per heavy atom. The Bertz CT molecular complexity index is 846. The van der Waals surface area contributed by atoms with Gasteiger partial charge in [0.25, 0.3) is 10.1 Å². The molecular formula is C21H33N3O5S. The number of azide groups is 1. The summed E-state index contributed by atoms with van der Waals surface area (Å²) in [5, 5.41) is 3.47. The van der Waals surface area contributed by atoms with Crippen LogP contribution in [0.2, 0.25) is 0 Å². The molecule has 8 nitrogen and oxygen atoms in total. The van der Waals surface area contributed by atoms with Crippen LogP contribution in [0.1, 0.15) is 58.9 Å². The van der Waals surface area contributed by atoms with Crippen molar-refractivity contribution in [3.05, 3.63) is 40.3 Å². The lowest BCUT2D eigenvalue weighted by Gasteiger charge is -2.19. The van der Waals surface area contributed by atoms with E-state index in [4.69, 9.17) is 19.2 Å². The Labute approximate surface area is 179 Å². The van der Waals surface area contributed by atoms with Crippen LogP contribution in [0.3, 0.4) is 0 Å². The molecule has 0 radical (unpaired) electrons. The van der Waals surface area contributed by atoms with Crippen molar-refractivity contribution in [2.45, 2.75) is 88.6 Å². The summed E-state index contributed by atoms with van der Waals surface area (Å²) in [7, 11) is -3.68. The minimum absolute atomic E-state index is 0.0182. The number of benzene rings is 1. The van der Waals surface area contributed by atoms with Gasteiger partial charge in [-0.2, -0.15) is 8.42 Å². The van der Waals surface area contributed by atoms with Crippen LogP contribution in [0.5, 0.6) is 0 Å². The predicted molar refractivity (Wildman–Crippen MR) is 115 cm³/mol. The summed E-state index contributed by atoms with van der Waals surface area (Å²) in [6, 6.07) is 6.63. The fourth-order valence-electron chi connectivity index (χ4n) is 3.47. The highest BCUT2D eigenvalue weighted by Gasteiger charge is 2.33. The molecule has 2 atom stereocenters. The summed E-state index contributed by atoms with van der Waals surface area (Å²) in [5.41, 5.74) is 8.88. The maximum Gasteiger partial charge on any atom is 0.297 e. The largest absolute Gasteiger partial charge is 0.372 e. The SMILES string of the molecule is CC1(C)CC[C@H](CN=[N+]=[N-])O1.Cc1ccc(S(=O)(=O)OC[C@H]2CCC(C)(C)O2)cc1. The van der Waals surface area contributed by atoms with Gasteiger partial charge in [0, 0.05) is 4.91 Å². The molecule has 0 aromatic heterocycles. The molecule has 1 aromatic rings. The van der Waals surface area contributed by atoms with Crippen molar-refractivity contribution in [1.29, 1.82) is 0 Å².